The van der Waals surface area contributed by atoms with Gasteiger partial charge in [-0.2, -0.15) is 0 Å². The van der Waals surface area contributed by atoms with Crippen LogP contribution in [0.5, 0.6) is 0 Å². The molecule has 7 heteroatoms. The minimum Gasteiger partial charge on any atom is -0.326 e. The van der Waals surface area contributed by atoms with Crippen molar-refractivity contribution >= 4 is 38.6 Å². The molecule has 2 aromatic rings. The number of anilines is 2. The smallest absolute Gasteiger partial charge is 0.271 e. The normalized spacial score (nSPS) is 12.0. The van der Waals surface area contributed by atoms with E-state index in [9.17, 15) is 13.2 Å². The molecule has 2 N–H and O–H groups in total. The summed E-state index contributed by atoms with van der Waals surface area (Å²) in [5.74, 6) is -0.134. The van der Waals surface area contributed by atoms with Gasteiger partial charge >= 0.3 is 0 Å². The fourth-order valence-corrected chi connectivity index (χ4v) is 3.64. The summed E-state index contributed by atoms with van der Waals surface area (Å²) in [7, 11) is -3.59. The average Bonchev–Trinajstić information content (AvgIpc) is 2.92. The van der Waals surface area contributed by atoms with E-state index in [4.69, 9.17) is 0 Å². The van der Waals surface area contributed by atoms with Gasteiger partial charge in [0, 0.05) is 11.1 Å². The van der Waals surface area contributed by atoms with Crippen LogP contribution in [0.2, 0.25) is 0 Å². The quantitative estimate of drug-likeness (QED) is 0.895. The molecule has 0 aliphatic heterocycles. The van der Waals surface area contributed by atoms with Crippen molar-refractivity contribution in [2.24, 2.45) is 5.41 Å². The maximum absolute atomic E-state index is 12.2. The average molecular weight is 338 g/mol. The minimum absolute atomic E-state index is 0.134. The van der Waals surface area contributed by atoms with E-state index in [1.54, 1.807) is 35.7 Å². The highest BCUT2D eigenvalue weighted by Crippen LogP contribution is 2.23. The van der Waals surface area contributed by atoms with Crippen LogP contribution in [0.3, 0.4) is 0 Å². The van der Waals surface area contributed by atoms with E-state index in [2.05, 4.69) is 10.0 Å². The minimum atomic E-state index is -3.59. The maximum Gasteiger partial charge on any atom is 0.271 e. The van der Waals surface area contributed by atoms with E-state index in [0.29, 0.717) is 11.4 Å². The summed E-state index contributed by atoms with van der Waals surface area (Å²) in [4.78, 5) is 12.0. The first-order chi connectivity index (χ1) is 10.2. The van der Waals surface area contributed by atoms with Crippen molar-refractivity contribution in [2.75, 3.05) is 10.0 Å². The Kier molecular flexibility index (Phi) is 4.58. The lowest BCUT2D eigenvalue weighted by molar-refractivity contribution is -0.123. The van der Waals surface area contributed by atoms with Crippen molar-refractivity contribution in [3.05, 3.63) is 41.8 Å². The Morgan fingerprint density at radius 3 is 2.36 bits per heavy atom. The van der Waals surface area contributed by atoms with Gasteiger partial charge in [-0.3, -0.25) is 9.52 Å². The molecule has 1 amide bonds. The van der Waals surface area contributed by atoms with Gasteiger partial charge in [0.1, 0.15) is 4.21 Å². The molecule has 0 radical (unpaired) electrons. The molecule has 0 aliphatic rings. The van der Waals surface area contributed by atoms with Crippen molar-refractivity contribution in [1.29, 1.82) is 0 Å². The number of nitrogens with one attached hydrogen (secondary N) is 2. The molecule has 1 heterocycles. The third-order valence-corrected chi connectivity index (χ3v) is 5.59. The highest BCUT2D eigenvalue weighted by Gasteiger charge is 2.21. The predicted molar refractivity (Wildman–Crippen MR) is 89.7 cm³/mol. The van der Waals surface area contributed by atoms with Gasteiger partial charge < -0.3 is 5.32 Å². The number of carbonyl (C=O) groups excluding carboxylic acids is 1. The van der Waals surface area contributed by atoms with Gasteiger partial charge in [-0.25, -0.2) is 8.42 Å². The van der Waals surface area contributed by atoms with Crippen molar-refractivity contribution in [3.8, 4) is 0 Å². The molecule has 0 saturated carbocycles. The number of hydrogen-bond acceptors (Lipinski definition) is 4. The van der Waals surface area contributed by atoms with Crippen LogP contribution in [0, 0.1) is 5.41 Å². The third-order valence-electron chi connectivity index (χ3n) is 2.81. The molecule has 0 fully saturated rings. The van der Waals surface area contributed by atoms with Gasteiger partial charge in [0.2, 0.25) is 5.91 Å². The Morgan fingerprint density at radius 1 is 1.09 bits per heavy atom. The molecule has 1 aromatic heterocycles. The summed E-state index contributed by atoms with van der Waals surface area (Å²) in [6.45, 7) is 5.43. The molecule has 0 aliphatic carbocycles. The molecule has 0 bridgehead atoms. The van der Waals surface area contributed by atoms with Gasteiger partial charge in [-0.05, 0) is 29.6 Å². The lowest BCUT2D eigenvalue weighted by Gasteiger charge is -2.18. The Bertz CT molecular complexity index is 760. The van der Waals surface area contributed by atoms with Crippen LogP contribution < -0.4 is 10.0 Å². The zero-order valence-electron chi connectivity index (χ0n) is 12.6. The van der Waals surface area contributed by atoms with Crippen molar-refractivity contribution in [3.63, 3.8) is 0 Å². The van der Waals surface area contributed by atoms with Gasteiger partial charge in [0.05, 0.1) is 5.69 Å². The predicted octanol–water partition coefficient (Wildman–Crippen LogP) is 3.53. The van der Waals surface area contributed by atoms with Crippen LogP contribution in [0.4, 0.5) is 11.4 Å². The third kappa shape index (κ3) is 4.08. The fourth-order valence-electron chi connectivity index (χ4n) is 1.60. The van der Waals surface area contributed by atoms with Gasteiger partial charge in [0.25, 0.3) is 10.0 Å². The maximum atomic E-state index is 12.2. The molecule has 118 valence electrons. The summed E-state index contributed by atoms with van der Waals surface area (Å²) in [5.41, 5.74) is 0.429. The lowest BCUT2D eigenvalue weighted by Crippen LogP contribution is -2.27. The molecule has 5 nitrogen and oxygen atoms in total. The van der Waals surface area contributed by atoms with Crippen molar-refractivity contribution in [1.82, 2.24) is 0 Å². The number of sulfonamides is 1. The van der Waals surface area contributed by atoms with Crippen LogP contribution in [-0.2, 0) is 14.8 Å². The van der Waals surface area contributed by atoms with Crippen molar-refractivity contribution < 1.29 is 13.2 Å². The zero-order valence-corrected chi connectivity index (χ0v) is 14.2. The van der Waals surface area contributed by atoms with E-state index in [1.807, 2.05) is 20.8 Å². The van der Waals surface area contributed by atoms with E-state index in [0.717, 1.165) is 11.3 Å². The summed E-state index contributed by atoms with van der Waals surface area (Å²) in [6, 6.07) is 9.85. The zero-order chi connectivity index (χ0) is 16.4. The Labute approximate surface area is 134 Å². The summed E-state index contributed by atoms with van der Waals surface area (Å²) in [5, 5.41) is 4.47. The van der Waals surface area contributed by atoms with Crippen LogP contribution in [0.15, 0.2) is 46.0 Å². The second-order valence-electron chi connectivity index (χ2n) is 5.82. The molecule has 0 saturated heterocycles. The second kappa shape index (κ2) is 6.10. The molecule has 2 rings (SSSR count). The molecular weight excluding hydrogens is 320 g/mol. The monoisotopic (exact) mass is 338 g/mol. The second-order valence-corrected chi connectivity index (χ2v) is 8.68. The molecule has 0 unspecified atom stereocenters. The number of carbonyl (C=O) groups is 1. The molecular formula is C15H18N2O3S2. The topological polar surface area (TPSA) is 75.3 Å². The standard InChI is InChI=1S/C15H18N2O3S2/c1-15(2,3)14(18)16-11-6-4-7-12(10-11)17-22(19,20)13-8-5-9-21-13/h4-10,17H,1-3H3,(H,16,18). The Morgan fingerprint density at radius 2 is 1.77 bits per heavy atom. The van der Waals surface area contributed by atoms with Crippen molar-refractivity contribution in [2.45, 2.75) is 25.0 Å². The molecule has 1 aromatic carbocycles. The largest absolute Gasteiger partial charge is 0.326 e. The number of hydrogen-bond donors (Lipinski definition) is 2. The molecule has 22 heavy (non-hydrogen) atoms. The highest BCUT2D eigenvalue weighted by molar-refractivity contribution is 7.94. The Hall–Kier alpha value is -1.86. The van der Waals surface area contributed by atoms with Crippen LogP contribution in [0.25, 0.3) is 0 Å². The summed E-state index contributed by atoms with van der Waals surface area (Å²) >= 11 is 1.15. The number of benzene rings is 1. The number of rotatable bonds is 4. The summed E-state index contributed by atoms with van der Waals surface area (Å²) in [6.07, 6.45) is 0. The van der Waals surface area contributed by atoms with Crippen LogP contribution in [-0.4, -0.2) is 14.3 Å². The number of amides is 1. The highest BCUT2D eigenvalue weighted by atomic mass is 32.2. The SMILES string of the molecule is CC(C)(C)C(=O)Nc1cccc(NS(=O)(=O)c2cccs2)c1. The molecule has 0 spiro atoms. The first-order valence-electron chi connectivity index (χ1n) is 6.66. The number of thiophene rings is 1. The summed E-state index contributed by atoms with van der Waals surface area (Å²) < 4.78 is 27.1. The van der Waals surface area contributed by atoms with E-state index < -0.39 is 15.4 Å². The van der Waals surface area contributed by atoms with Crippen LogP contribution >= 0.6 is 11.3 Å². The lowest BCUT2D eigenvalue weighted by atomic mass is 9.95. The fraction of sp³-hybridized carbons (Fsp3) is 0.267. The first kappa shape index (κ1) is 16.5. The van der Waals surface area contributed by atoms with Gasteiger partial charge in [-0.1, -0.05) is 32.9 Å². The van der Waals surface area contributed by atoms with Crippen LogP contribution in [0.1, 0.15) is 20.8 Å². The van der Waals surface area contributed by atoms with Gasteiger partial charge in [0.15, 0.2) is 0 Å². The van der Waals surface area contributed by atoms with E-state index >= 15 is 0 Å². The first-order valence-corrected chi connectivity index (χ1v) is 9.03. The Balaban J connectivity index is 2.18. The van der Waals surface area contributed by atoms with Gasteiger partial charge in [-0.15, -0.1) is 11.3 Å². The van der Waals surface area contributed by atoms with E-state index in [1.165, 1.54) is 6.07 Å². The molecule has 0 atom stereocenters. The van der Waals surface area contributed by atoms with E-state index in [-0.39, 0.29) is 10.1 Å².